The Bertz CT molecular complexity index is 1040. The van der Waals surface area contributed by atoms with Gasteiger partial charge in [-0.05, 0) is 36.2 Å². The molecule has 2 heterocycles. The van der Waals surface area contributed by atoms with Crippen molar-refractivity contribution in [3.05, 3.63) is 65.2 Å². The Morgan fingerprint density at radius 1 is 1.16 bits per heavy atom. The molecule has 1 aromatic heterocycles. The molecule has 170 valence electrons. The third kappa shape index (κ3) is 5.23. The van der Waals surface area contributed by atoms with Gasteiger partial charge in [-0.1, -0.05) is 17.3 Å². The molecule has 0 radical (unpaired) electrons. The molecule has 1 saturated heterocycles. The Balaban J connectivity index is 1.48. The number of benzene rings is 2. The van der Waals surface area contributed by atoms with E-state index in [0.29, 0.717) is 25.1 Å². The van der Waals surface area contributed by atoms with E-state index < -0.39 is 17.7 Å². The monoisotopic (exact) mass is 452 g/mol. The number of alkyl halides is 3. The lowest BCUT2D eigenvalue weighted by Crippen LogP contribution is -2.99. The number of nitrogens with zero attached hydrogens (tertiary/aromatic N) is 3. The highest BCUT2D eigenvalue weighted by Crippen LogP contribution is 2.34. The van der Waals surface area contributed by atoms with E-state index in [4.69, 9.17) is 9.73 Å². The zero-order valence-electron chi connectivity index (χ0n) is 16.5. The quantitative estimate of drug-likeness (QED) is 0.488. The van der Waals surface area contributed by atoms with Gasteiger partial charge in [0.25, 0.3) is 0 Å². The lowest BCUT2D eigenvalue weighted by Gasteiger charge is -2.21. The number of hydrogen-bond donors (Lipinski definition) is 3. The van der Waals surface area contributed by atoms with Gasteiger partial charge in [0.15, 0.2) is 5.69 Å². The van der Waals surface area contributed by atoms with Gasteiger partial charge in [0.05, 0.1) is 12.1 Å². The number of ether oxygens (including phenoxy) is 1. The van der Waals surface area contributed by atoms with Gasteiger partial charge < -0.3 is 19.6 Å². The number of hydrogen-bond acceptors (Lipinski definition) is 8. The largest absolute Gasteiger partial charge is 0.595 e. The minimum atomic E-state index is -4.78. The van der Waals surface area contributed by atoms with E-state index in [-0.39, 0.29) is 29.2 Å². The van der Waals surface area contributed by atoms with Crippen molar-refractivity contribution >= 4 is 5.69 Å². The molecule has 3 aromatic rings. The molecule has 1 fully saturated rings. The molecule has 0 bridgehead atoms. The van der Waals surface area contributed by atoms with Crippen LogP contribution in [0.2, 0.25) is 0 Å². The summed E-state index contributed by atoms with van der Waals surface area (Å²) in [5.74, 6) is 0.115. The van der Waals surface area contributed by atoms with Crippen LogP contribution in [0.1, 0.15) is 23.9 Å². The standard InChI is InChI=1S/C20H19F3N4O5/c21-20(22,23)31-16-7-3-13(4-8-16)18-24-19(32-25-18)17-9-15(28)11-26(17)10-12-1-5-14(6-2-12)27(29)30/h1-8,15,17,27-29H,9-11H2. The molecular formula is C20H19F3N4O5. The van der Waals surface area contributed by atoms with Crippen molar-refractivity contribution in [3.63, 3.8) is 0 Å². The van der Waals surface area contributed by atoms with E-state index in [1.165, 1.54) is 24.3 Å². The average molecular weight is 452 g/mol. The molecule has 1 aliphatic heterocycles. The van der Waals surface area contributed by atoms with Gasteiger partial charge in [0.1, 0.15) is 5.75 Å². The van der Waals surface area contributed by atoms with Crippen LogP contribution in [0.15, 0.2) is 53.1 Å². The highest BCUT2D eigenvalue weighted by molar-refractivity contribution is 5.55. The van der Waals surface area contributed by atoms with Gasteiger partial charge in [0, 0.05) is 30.8 Å². The van der Waals surface area contributed by atoms with E-state index in [1.54, 1.807) is 12.1 Å². The second-order valence-corrected chi connectivity index (χ2v) is 7.37. The first kappa shape index (κ1) is 22.2. The number of halogens is 3. The molecule has 0 amide bonds. The van der Waals surface area contributed by atoms with Crippen LogP contribution in [-0.4, -0.2) is 44.4 Å². The van der Waals surface area contributed by atoms with Crippen LogP contribution in [0.4, 0.5) is 18.9 Å². The molecular weight excluding hydrogens is 433 g/mol. The number of aromatic nitrogens is 2. The summed E-state index contributed by atoms with van der Waals surface area (Å²) in [4.78, 5) is 6.30. The second kappa shape index (κ2) is 8.84. The predicted molar refractivity (Wildman–Crippen MR) is 102 cm³/mol. The summed E-state index contributed by atoms with van der Waals surface area (Å²) in [6.45, 7) is 0.801. The zero-order valence-corrected chi connectivity index (χ0v) is 16.5. The number of aliphatic hydroxyl groups excluding tert-OH is 1. The summed E-state index contributed by atoms with van der Waals surface area (Å²) in [6, 6.07) is 11.2. The van der Waals surface area contributed by atoms with E-state index in [9.17, 15) is 23.5 Å². The van der Waals surface area contributed by atoms with Crippen molar-refractivity contribution in [1.29, 1.82) is 0 Å². The Labute approximate surface area is 179 Å². The van der Waals surface area contributed by atoms with E-state index >= 15 is 0 Å². The van der Waals surface area contributed by atoms with E-state index in [2.05, 4.69) is 14.9 Å². The van der Waals surface area contributed by atoms with Crippen LogP contribution in [0, 0.1) is 5.21 Å². The Hall–Kier alpha value is -3.03. The number of quaternary nitrogens is 1. The third-order valence-corrected chi connectivity index (χ3v) is 5.04. The smallest absolute Gasteiger partial charge is 0.573 e. The summed E-state index contributed by atoms with van der Waals surface area (Å²) < 4.78 is 46.2. The molecule has 32 heavy (non-hydrogen) atoms. The topological polar surface area (TPSA) is 119 Å². The van der Waals surface area contributed by atoms with Crippen LogP contribution in [0.5, 0.6) is 5.75 Å². The van der Waals surface area contributed by atoms with Crippen LogP contribution >= 0.6 is 0 Å². The maximum absolute atomic E-state index is 12.3. The van der Waals surface area contributed by atoms with Gasteiger partial charge >= 0.3 is 6.36 Å². The minimum Gasteiger partial charge on any atom is -0.595 e. The fourth-order valence-corrected chi connectivity index (χ4v) is 3.59. The van der Waals surface area contributed by atoms with Crippen molar-refractivity contribution in [1.82, 2.24) is 15.0 Å². The van der Waals surface area contributed by atoms with Gasteiger partial charge in [0.2, 0.25) is 11.7 Å². The van der Waals surface area contributed by atoms with Crippen LogP contribution in [0.25, 0.3) is 11.4 Å². The first-order valence-corrected chi connectivity index (χ1v) is 9.62. The normalized spacial score (nSPS) is 20.4. The lowest BCUT2D eigenvalue weighted by molar-refractivity contribution is -0.991. The number of aliphatic hydroxyl groups is 1. The molecule has 9 nitrogen and oxygen atoms in total. The molecule has 0 saturated carbocycles. The Morgan fingerprint density at radius 3 is 2.47 bits per heavy atom. The van der Waals surface area contributed by atoms with Crippen molar-refractivity contribution in [2.24, 2.45) is 0 Å². The summed E-state index contributed by atoms with van der Waals surface area (Å²) in [5, 5.41) is 33.1. The van der Waals surface area contributed by atoms with Crippen molar-refractivity contribution in [3.8, 4) is 17.1 Å². The average Bonchev–Trinajstić information content (AvgIpc) is 3.34. The summed E-state index contributed by atoms with van der Waals surface area (Å²) in [5.41, 5.74) is 1.48. The highest BCUT2D eigenvalue weighted by atomic mass is 19.4. The first-order valence-electron chi connectivity index (χ1n) is 9.62. The van der Waals surface area contributed by atoms with Crippen LogP contribution < -0.4 is 9.96 Å². The molecule has 12 heteroatoms. The van der Waals surface area contributed by atoms with Gasteiger partial charge in [-0.3, -0.25) is 4.90 Å². The number of β-amino-alcohol motifs (C(OH)–C–C–N with tert-alkyl or cyclic N) is 1. The van der Waals surface area contributed by atoms with Crippen LogP contribution in [-0.2, 0) is 6.54 Å². The van der Waals surface area contributed by atoms with Gasteiger partial charge in [-0.15, -0.1) is 13.2 Å². The summed E-state index contributed by atoms with van der Waals surface area (Å²) >= 11 is 0. The maximum atomic E-state index is 12.3. The second-order valence-electron chi connectivity index (χ2n) is 7.37. The molecule has 3 unspecified atom stereocenters. The zero-order chi connectivity index (χ0) is 22.9. The molecule has 3 atom stereocenters. The van der Waals surface area contributed by atoms with Gasteiger partial charge in [-0.25, -0.2) is 5.21 Å². The maximum Gasteiger partial charge on any atom is 0.573 e. The van der Waals surface area contributed by atoms with E-state index in [0.717, 1.165) is 17.7 Å². The molecule has 0 spiro atoms. The first-order chi connectivity index (χ1) is 15.2. The minimum absolute atomic E-state index is 0.181. The molecule has 3 N–H and O–H groups in total. The van der Waals surface area contributed by atoms with Gasteiger partial charge in [-0.2, -0.15) is 10.2 Å². The Morgan fingerprint density at radius 2 is 1.84 bits per heavy atom. The highest BCUT2D eigenvalue weighted by Gasteiger charge is 2.36. The third-order valence-electron chi connectivity index (χ3n) is 5.04. The van der Waals surface area contributed by atoms with E-state index in [1.807, 2.05) is 4.90 Å². The fraction of sp³-hybridized carbons (Fsp3) is 0.300. The number of likely N-dealkylation sites (tertiary alicyclic amines) is 1. The van der Waals surface area contributed by atoms with Crippen molar-refractivity contribution in [2.75, 3.05) is 6.54 Å². The number of nitrogens with one attached hydrogen (secondary N) is 1. The van der Waals surface area contributed by atoms with Crippen LogP contribution in [0.3, 0.4) is 0 Å². The van der Waals surface area contributed by atoms with Crippen molar-refractivity contribution in [2.45, 2.75) is 31.5 Å². The Kier molecular flexibility index (Phi) is 6.13. The fourth-order valence-electron chi connectivity index (χ4n) is 3.59. The van der Waals surface area contributed by atoms with Crippen molar-refractivity contribution < 1.29 is 38.0 Å². The summed E-state index contributed by atoms with van der Waals surface area (Å²) in [6.07, 6.45) is -5.01. The summed E-state index contributed by atoms with van der Waals surface area (Å²) in [7, 11) is 0. The molecule has 2 aromatic carbocycles. The predicted octanol–water partition coefficient (Wildman–Crippen LogP) is 2.35. The number of rotatable bonds is 6. The SMILES string of the molecule is [O-][NH+](O)c1ccc(CN2CC(O)CC2c2nc(-c3ccc(OC(F)(F)F)cc3)no2)cc1. The molecule has 4 rings (SSSR count). The molecule has 1 aliphatic rings. The molecule has 0 aliphatic carbocycles. The lowest BCUT2D eigenvalue weighted by atomic mass is 10.1.